The number of carbonyl (C=O) groups excluding carboxylic acids is 1. The summed E-state index contributed by atoms with van der Waals surface area (Å²) in [6.45, 7) is 12.1. The fourth-order valence-corrected chi connectivity index (χ4v) is 5.90. The second-order valence-corrected chi connectivity index (χ2v) is 7.91. The van der Waals surface area contributed by atoms with Crippen molar-refractivity contribution in [3.8, 4) is 0 Å². The van der Waals surface area contributed by atoms with Crippen LogP contribution in [-0.2, 0) is 13.3 Å². The van der Waals surface area contributed by atoms with Gasteiger partial charge < -0.3 is 23.5 Å². The first-order valence-corrected chi connectivity index (χ1v) is 9.88. The molecule has 1 saturated heterocycles. The Morgan fingerprint density at radius 1 is 1.14 bits per heavy atom. The lowest BCUT2D eigenvalue weighted by molar-refractivity contribution is 0.0583. The predicted molar refractivity (Wildman–Crippen MR) is 84.3 cm³/mol. The van der Waals surface area contributed by atoms with E-state index >= 15 is 0 Å². The highest BCUT2D eigenvalue weighted by Crippen LogP contribution is 2.32. The van der Waals surface area contributed by atoms with Crippen LogP contribution in [0.1, 0.15) is 40.5 Å². The first kappa shape index (κ1) is 18.4. The van der Waals surface area contributed by atoms with E-state index in [1.807, 2.05) is 25.7 Å². The average molecular weight is 318 g/mol. The third-order valence-corrected chi connectivity index (χ3v) is 7.49. The van der Waals surface area contributed by atoms with Gasteiger partial charge in [-0.1, -0.05) is 6.92 Å². The largest absolute Gasteiger partial charge is 0.504 e. The summed E-state index contributed by atoms with van der Waals surface area (Å²) in [5.74, 6) is 0. The molecule has 0 spiro atoms. The highest BCUT2D eigenvalue weighted by Gasteiger charge is 2.48. The zero-order valence-corrected chi connectivity index (χ0v) is 14.8. The van der Waals surface area contributed by atoms with E-state index in [1.165, 1.54) is 0 Å². The molecule has 1 fully saturated rings. The average Bonchev–Trinajstić information content (AvgIpc) is 2.86. The molecular formula is C14H30N2O4Si. The second-order valence-electron chi connectivity index (χ2n) is 5.02. The van der Waals surface area contributed by atoms with Crippen LogP contribution in [0.3, 0.4) is 0 Å². The van der Waals surface area contributed by atoms with Gasteiger partial charge in [0, 0.05) is 45.0 Å². The highest BCUT2D eigenvalue weighted by molar-refractivity contribution is 6.62. The molecule has 0 bridgehead atoms. The SMILES string of the molecule is CCO[Si](OCC)(OCC)C(CC)CCN1CCNC1=O. The minimum atomic E-state index is -2.68. The van der Waals surface area contributed by atoms with E-state index < -0.39 is 8.80 Å². The Morgan fingerprint density at radius 3 is 2.10 bits per heavy atom. The molecular weight excluding hydrogens is 288 g/mol. The van der Waals surface area contributed by atoms with Crippen LogP contribution in [0, 0.1) is 0 Å². The third kappa shape index (κ3) is 4.95. The molecule has 7 heteroatoms. The van der Waals surface area contributed by atoms with Gasteiger partial charge in [-0.3, -0.25) is 0 Å². The molecule has 0 saturated carbocycles. The maximum atomic E-state index is 11.6. The Balaban J connectivity index is 2.71. The Hall–Kier alpha value is -0.633. The lowest BCUT2D eigenvalue weighted by Gasteiger charge is -2.35. The van der Waals surface area contributed by atoms with Gasteiger partial charge in [0.05, 0.1) is 0 Å². The fraction of sp³-hybridized carbons (Fsp3) is 0.929. The molecule has 1 atom stereocenters. The van der Waals surface area contributed by atoms with Gasteiger partial charge in [0.15, 0.2) is 0 Å². The molecule has 1 heterocycles. The van der Waals surface area contributed by atoms with Gasteiger partial charge in [0.1, 0.15) is 0 Å². The molecule has 1 N–H and O–H groups in total. The molecule has 0 aromatic carbocycles. The number of rotatable bonds is 11. The van der Waals surface area contributed by atoms with Gasteiger partial charge in [0.2, 0.25) is 0 Å². The standard InChI is InChI=1S/C14H30N2O4Si/c1-5-13(9-11-16-12-10-15-14(16)17)21(18-6-2,19-7-3)20-8-4/h13H,5-12H2,1-4H3,(H,15,17). The van der Waals surface area contributed by atoms with Crippen molar-refractivity contribution in [2.75, 3.05) is 39.5 Å². The first-order chi connectivity index (χ1) is 10.1. The summed E-state index contributed by atoms with van der Waals surface area (Å²) in [7, 11) is -2.68. The minimum Gasteiger partial charge on any atom is -0.374 e. The number of amides is 2. The zero-order valence-electron chi connectivity index (χ0n) is 13.8. The first-order valence-electron chi connectivity index (χ1n) is 8.08. The van der Waals surface area contributed by atoms with Crippen LogP contribution < -0.4 is 5.32 Å². The van der Waals surface area contributed by atoms with E-state index in [2.05, 4.69) is 12.2 Å². The van der Waals surface area contributed by atoms with Crippen molar-refractivity contribution in [3.05, 3.63) is 0 Å². The Morgan fingerprint density at radius 2 is 1.71 bits per heavy atom. The molecule has 21 heavy (non-hydrogen) atoms. The van der Waals surface area contributed by atoms with E-state index in [9.17, 15) is 4.79 Å². The highest BCUT2D eigenvalue weighted by atomic mass is 28.4. The summed E-state index contributed by atoms with van der Waals surface area (Å²) in [5, 5.41) is 2.83. The van der Waals surface area contributed by atoms with E-state index in [4.69, 9.17) is 13.3 Å². The lowest BCUT2D eigenvalue weighted by atomic mass is 10.2. The van der Waals surface area contributed by atoms with Crippen LogP contribution in [0.4, 0.5) is 4.79 Å². The number of nitrogens with zero attached hydrogens (tertiary/aromatic N) is 1. The maximum Gasteiger partial charge on any atom is 0.504 e. The molecule has 1 rings (SSSR count). The summed E-state index contributed by atoms with van der Waals surface area (Å²) in [6.07, 6.45) is 1.79. The van der Waals surface area contributed by atoms with Gasteiger partial charge in [-0.05, 0) is 33.6 Å². The number of urea groups is 1. The molecule has 0 aromatic heterocycles. The van der Waals surface area contributed by atoms with Crippen molar-refractivity contribution in [1.82, 2.24) is 10.2 Å². The van der Waals surface area contributed by atoms with E-state index in [1.54, 1.807) is 0 Å². The van der Waals surface area contributed by atoms with Crippen molar-refractivity contribution in [2.45, 2.75) is 46.1 Å². The second kappa shape index (κ2) is 9.40. The molecule has 0 aliphatic carbocycles. The third-order valence-electron chi connectivity index (χ3n) is 3.72. The minimum absolute atomic E-state index is 0.0290. The summed E-state index contributed by atoms with van der Waals surface area (Å²) < 4.78 is 17.9. The fourth-order valence-electron chi connectivity index (χ4n) is 2.75. The molecule has 2 amide bonds. The van der Waals surface area contributed by atoms with Crippen molar-refractivity contribution in [3.63, 3.8) is 0 Å². The number of nitrogens with one attached hydrogen (secondary N) is 1. The summed E-state index contributed by atoms with van der Waals surface area (Å²) in [5.41, 5.74) is 0.228. The van der Waals surface area contributed by atoms with Gasteiger partial charge in [-0.15, -0.1) is 0 Å². The topological polar surface area (TPSA) is 60.0 Å². The van der Waals surface area contributed by atoms with Crippen molar-refractivity contribution in [2.24, 2.45) is 0 Å². The molecule has 6 nitrogen and oxygen atoms in total. The van der Waals surface area contributed by atoms with Crippen LogP contribution in [0.5, 0.6) is 0 Å². The number of carbonyl (C=O) groups is 1. The van der Waals surface area contributed by atoms with Gasteiger partial charge >= 0.3 is 14.8 Å². The number of hydrogen-bond donors (Lipinski definition) is 1. The van der Waals surface area contributed by atoms with Gasteiger partial charge in [0.25, 0.3) is 0 Å². The van der Waals surface area contributed by atoms with Crippen LogP contribution in [0.25, 0.3) is 0 Å². The smallest absolute Gasteiger partial charge is 0.374 e. The quantitative estimate of drug-likeness (QED) is 0.594. The van der Waals surface area contributed by atoms with E-state index in [-0.39, 0.29) is 11.6 Å². The van der Waals surface area contributed by atoms with Crippen molar-refractivity contribution >= 4 is 14.8 Å². The molecule has 124 valence electrons. The summed E-state index contributed by atoms with van der Waals surface area (Å²) >= 11 is 0. The van der Waals surface area contributed by atoms with Gasteiger partial charge in [-0.25, -0.2) is 4.79 Å². The van der Waals surface area contributed by atoms with Crippen molar-refractivity contribution < 1.29 is 18.1 Å². The molecule has 0 radical (unpaired) electrons. The van der Waals surface area contributed by atoms with E-state index in [0.29, 0.717) is 19.8 Å². The van der Waals surface area contributed by atoms with Crippen LogP contribution in [0.15, 0.2) is 0 Å². The Labute approximate surface area is 129 Å². The molecule has 1 unspecified atom stereocenters. The summed E-state index contributed by atoms with van der Waals surface area (Å²) in [4.78, 5) is 13.5. The lowest BCUT2D eigenvalue weighted by Crippen LogP contribution is -2.51. The molecule has 1 aliphatic heterocycles. The van der Waals surface area contributed by atoms with Gasteiger partial charge in [-0.2, -0.15) is 0 Å². The zero-order chi connectivity index (χ0) is 15.7. The van der Waals surface area contributed by atoms with Crippen LogP contribution in [0.2, 0.25) is 5.54 Å². The van der Waals surface area contributed by atoms with Crippen LogP contribution >= 0.6 is 0 Å². The monoisotopic (exact) mass is 318 g/mol. The molecule has 0 aromatic rings. The normalized spacial score (nSPS) is 17.1. The Bertz CT molecular complexity index is 300. The van der Waals surface area contributed by atoms with Crippen molar-refractivity contribution in [1.29, 1.82) is 0 Å². The Kier molecular flexibility index (Phi) is 8.24. The maximum absolute atomic E-state index is 11.6. The molecule has 1 aliphatic rings. The predicted octanol–water partition coefficient (Wildman–Crippen LogP) is 2.23. The number of hydrogen-bond acceptors (Lipinski definition) is 4. The van der Waals surface area contributed by atoms with Crippen LogP contribution in [-0.4, -0.2) is 59.2 Å². The summed E-state index contributed by atoms with van der Waals surface area (Å²) in [6, 6.07) is 0.0290. The van der Waals surface area contributed by atoms with E-state index in [0.717, 1.165) is 32.5 Å².